The van der Waals surface area contributed by atoms with Crippen molar-refractivity contribution in [2.45, 2.75) is 41.5 Å². The van der Waals surface area contributed by atoms with E-state index in [1.54, 1.807) is 13.0 Å². The Hall–Kier alpha value is -4.21. The Labute approximate surface area is 245 Å². The fourth-order valence-corrected chi connectivity index (χ4v) is 4.56. The van der Waals surface area contributed by atoms with Crippen LogP contribution in [0.25, 0.3) is 0 Å². The molecule has 206 valence electrons. The van der Waals surface area contributed by atoms with Gasteiger partial charge in [-0.1, -0.05) is 52.3 Å². The summed E-state index contributed by atoms with van der Waals surface area (Å²) in [4.78, 5) is 23.4. The minimum absolute atomic E-state index is 0.0938. The third-order valence-corrected chi connectivity index (χ3v) is 6.23. The maximum absolute atomic E-state index is 11.8. The van der Waals surface area contributed by atoms with Crippen molar-refractivity contribution in [3.05, 3.63) is 118 Å². The highest BCUT2D eigenvalue weighted by molar-refractivity contribution is 9.09. The van der Waals surface area contributed by atoms with Crippen LogP contribution in [0.2, 0.25) is 0 Å². The molecule has 0 aliphatic heterocycles. The van der Waals surface area contributed by atoms with Gasteiger partial charge in [0.1, 0.15) is 23.0 Å². The lowest BCUT2D eigenvalue weighted by atomic mass is 9.99. The van der Waals surface area contributed by atoms with Crippen LogP contribution >= 0.6 is 15.9 Å². The number of ketones is 2. The number of halogens is 1. The monoisotopic (exact) mass is 599 g/mol. The summed E-state index contributed by atoms with van der Waals surface area (Å²) in [5, 5.41) is 7.66. The van der Waals surface area contributed by atoms with Crippen LogP contribution in [0.1, 0.15) is 56.8 Å². The topological polar surface area (TPSA) is 76.4 Å². The fraction of sp³-hybridized carbons (Fsp3) is 0.206. The number of nitrogens with zero attached hydrogens (tertiary/aromatic N) is 1. The van der Waals surface area contributed by atoms with Gasteiger partial charge in [-0.15, -0.1) is 0 Å². The average molecular weight is 601 g/mol. The highest BCUT2D eigenvalue weighted by Crippen LogP contribution is 2.28. The van der Waals surface area contributed by atoms with Gasteiger partial charge in [0.2, 0.25) is 0 Å². The van der Waals surface area contributed by atoms with Crippen LogP contribution in [0.15, 0.2) is 84.9 Å². The Morgan fingerprint density at radius 1 is 0.675 bits per heavy atom. The predicted octanol–water partition coefficient (Wildman–Crippen LogP) is 9.50. The van der Waals surface area contributed by atoms with Gasteiger partial charge in [0.25, 0.3) is 0 Å². The van der Waals surface area contributed by atoms with Crippen LogP contribution in [0, 0.1) is 39.0 Å². The Bertz CT molecular complexity index is 1430. The van der Waals surface area contributed by atoms with Gasteiger partial charge in [-0.05, 0) is 105 Å². The number of carbonyl (C=O) groups excluding carboxylic acids is 2. The molecule has 0 aromatic heterocycles. The molecule has 5 nitrogen and oxygen atoms in total. The van der Waals surface area contributed by atoms with Gasteiger partial charge in [-0.3, -0.25) is 9.59 Å². The van der Waals surface area contributed by atoms with Crippen molar-refractivity contribution >= 4 is 27.5 Å². The van der Waals surface area contributed by atoms with E-state index in [-0.39, 0.29) is 11.6 Å². The van der Waals surface area contributed by atoms with E-state index in [0.717, 1.165) is 56.4 Å². The normalized spacial score (nSPS) is 9.65. The Balaban J connectivity index is 0.000000256. The van der Waals surface area contributed by atoms with E-state index in [1.807, 2.05) is 113 Å². The molecule has 0 atom stereocenters. The molecule has 0 radical (unpaired) electrons. The molecular formula is C34H34BrNO4. The third-order valence-electron chi connectivity index (χ3n) is 5.72. The molecule has 6 heteroatoms. The van der Waals surface area contributed by atoms with E-state index < -0.39 is 0 Å². The number of para-hydroxylation sites is 2. The van der Waals surface area contributed by atoms with Crippen LogP contribution in [-0.2, 0) is 0 Å². The fourth-order valence-electron chi connectivity index (χ4n) is 4.28. The van der Waals surface area contributed by atoms with E-state index >= 15 is 0 Å². The first-order chi connectivity index (χ1) is 19.1. The van der Waals surface area contributed by atoms with E-state index in [0.29, 0.717) is 5.33 Å². The number of benzene rings is 4. The van der Waals surface area contributed by atoms with Gasteiger partial charge >= 0.3 is 0 Å². The Morgan fingerprint density at radius 3 is 1.30 bits per heavy atom. The number of nitriles is 1. The Morgan fingerprint density at radius 2 is 1.00 bits per heavy atom. The number of rotatable bonds is 7. The van der Waals surface area contributed by atoms with E-state index in [9.17, 15) is 9.59 Å². The summed E-state index contributed by atoms with van der Waals surface area (Å²) >= 11 is 3.21. The van der Waals surface area contributed by atoms with Gasteiger partial charge < -0.3 is 9.47 Å². The smallest absolute Gasteiger partial charge is 0.173 e. The second kappa shape index (κ2) is 16.0. The van der Waals surface area contributed by atoms with Crippen LogP contribution in [0.4, 0.5) is 0 Å². The molecule has 4 rings (SSSR count). The molecule has 0 unspecified atom stereocenters. The van der Waals surface area contributed by atoms with Gasteiger partial charge in [-0.2, -0.15) is 5.26 Å². The highest BCUT2D eigenvalue weighted by atomic mass is 79.9. The summed E-state index contributed by atoms with van der Waals surface area (Å²) in [7, 11) is 0. The maximum Gasteiger partial charge on any atom is 0.173 e. The number of hydrogen-bond donors (Lipinski definition) is 0. The molecule has 0 N–H and O–H groups in total. The minimum atomic E-state index is 0.0938. The van der Waals surface area contributed by atoms with Crippen LogP contribution in [0.5, 0.6) is 23.0 Å². The minimum Gasteiger partial charge on any atom is -0.457 e. The number of hydrogen-bond acceptors (Lipinski definition) is 5. The summed E-state index contributed by atoms with van der Waals surface area (Å²) in [6.45, 7) is 10.7. The van der Waals surface area contributed by atoms with Crippen molar-refractivity contribution in [2.24, 2.45) is 0 Å². The number of ether oxygens (including phenoxy) is 2. The molecule has 0 bridgehead atoms. The van der Waals surface area contributed by atoms with Gasteiger partial charge in [0, 0.05) is 18.1 Å². The van der Waals surface area contributed by atoms with Crippen molar-refractivity contribution in [3.63, 3.8) is 0 Å². The average Bonchev–Trinajstić information content (AvgIpc) is 2.89. The van der Waals surface area contributed by atoms with Crippen molar-refractivity contribution in [1.82, 2.24) is 0 Å². The standard InChI is InChI=1S/C16H15BrO2.C16H16O2.C2H3N/c1-11-8-14(19-13-6-4-3-5-7-13)9-12(2)16(11)15(18)10-17;1-11-9-15(10-12(2)16(11)13(3)17)18-14-7-5-4-6-8-14;1-2-3/h3-9H,10H2,1-2H3;4-10H,1-3H3;1H3. The second-order valence-electron chi connectivity index (χ2n) is 9.03. The zero-order valence-electron chi connectivity index (χ0n) is 23.7. The van der Waals surface area contributed by atoms with Gasteiger partial charge in [0.05, 0.1) is 11.4 Å². The molecule has 0 aliphatic carbocycles. The molecule has 0 fully saturated rings. The summed E-state index contributed by atoms with van der Waals surface area (Å²) < 4.78 is 11.5. The zero-order valence-corrected chi connectivity index (χ0v) is 25.3. The molecule has 0 aliphatic rings. The van der Waals surface area contributed by atoms with E-state index in [4.69, 9.17) is 14.7 Å². The Kier molecular flexibility index (Phi) is 12.8. The first-order valence-corrected chi connectivity index (χ1v) is 13.8. The molecule has 0 amide bonds. The highest BCUT2D eigenvalue weighted by Gasteiger charge is 2.13. The lowest BCUT2D eigenvalue weighted by Crippen LogP contribution is -2.05. The molecule has 40 heavy (non-hydrogen) atoms. The largest absolute Gasteiger partial charge is 0.457 e. The molecular weight excluding hydrogens is 566 g/mol. The summed E-state index contributed by atoms with van der Waals surface area (Å²) in [5.41, 5.74) is 5.35. The lowest BCUT2D eigenvalue weighted by Gasteiger charge is -2.12. The van der Waals surface area contributed by atoms with Gasteiger partial charge in [-0.25, -0.2) is 0 Å². The predicted molar refractivity (Wildman–Crippen MR) is 164 cm³/mol. The molecule has 4 aromatic carbocycles. The van der Waals surface area contributed by atoms with E-state index in [2.05, 4.69) is 15.9 Å². The molecule has 0 spiro atoms. The maximum atomic E-state index is 11.8. The third kappa shape index (κ3) is 9.52. The van der Waals surface area contributed by atoms with Crippen LogP contribution in [-0.4, -0.2) is 16.9 Å². The van der Waals surface area contributed by atoms with Gasteiger partial charge in [0.15, 0.2) is 11.6 Å². The molecule has 0 heterocycles. The summed E-state index contributed by atoms with van der Waals surface area (Å²) in [6, 6.07) is 28.6. The van der Waals surface area contributed by atoms with Crippen molar-refractivity contribution in [2.75, 3.05) is 5.33 Å². The molecule has 0 saturated heterocycles. The first kappa shape index (κ1) is 32.0. The second-order valence-corrected chi connectivity index (χ2v) is 9.59. The van der Waals surface area contributed by atoms with Crippen LogP contribution in [0.3, 0.4) is 0 Å². The number of aryl methyl sites for hydroxylation is 4. The SMILES string of the molecule is CC#N.CC(=O)c1c(C)cc(Oc2ccccc2)cc1C.Cc1cc(Oc2ccccc2)cc(C)c1C(=O)CBr. The van der Waals surface area contributed by atoms with E-state index in [1.165, 1.54) is 6.92 Å². The molecule has 4 aromatic rings. The zero-order chi connectivity index (χ0) is 29.7. The van der Waals surface area contributed by atoms with Crippen molar-refractivity contribution in [3.8, 4) is 29.1 Å². The number of Topliss-reactive ketones (excluding diaryl/α,β-unsaturated/α-hetero) is 2. The lowest BCUT2D eigenvalue weighted by molar-refractivity contribution is 0.101. The van der Waals surface area contributed by atoms with Crippen molar-refractivity contribution in [1.29, 1.82) is 5.26 Å². The number of alkyl halides is 1. The first-order valence-electron chi connectivity index (χ1n) is 12.7. The summed E-state index contributed by atoms with van der Waals surface area (Å²) in [6.07, 6.45) is 0. The molecule has 0 saturated carbocycles. The summed E-state index contributed by atoms with van der Waals surface area (Å²) in [5.74, 6) is 3.30. The quantitative estimate of drug-likeness (QED) is 0.156. The number of carbonyl (C=O) groups is 2. The van der Waals surface area contributed by atoms with Crippen molar-refractivity contribution < 1.29 is 19.1 Å². The van der Waals surface area contributed by atoms with Crippen LogP contribution < -0.4 is 9.47 Å².